The van der Waals surface area contributed by atoms with E-state index in [0.717, 1.165) is 11.8 Å². The van der Waals surface area contributed by atoms with Gasteiger partial charge in [-0.15, -0.1) is 6.58 Å². The molecule has 91 valence electrons. The maximum Gasteiger partial charge on any atom is -0.0184 e. The van der Waals surface area contributed by atoms with Gasteiger partial charge in [0.15, 0.2) is 0 Å². The highest BCUT2D eigenvalue weighted by Gasteiger charge is 2.19. The fraction of sp³-hybridized carbons (Fsp3) is 0.529. The Morgan fingerprint density at radius 3 is 2.41 bits per heavy atom. The number of aryl methyl sites for hydroxylation is 1. The summed E-state index contributed by atoms with van der Waals surface area (Å²) in [5.41, 5.74) is 1.47. The topological polar surface area (TPSA) is 0 Å². The third-order valence-electron chi connectivity index (χ3n) is 4.09. The van der Waals surface area contributed by atoms with E-state index in [9.17, 15) is 0 Å². The number of hydrogen-bond acceptors (Lipinski definition) is 0. The molecule has 1 aliphatic carbocycles. The quantitative estimate of drug-likeness (QED) is 0.634. The first-order valence-corrected chi connectivity index (χ1v) is 6.94. The van der Waals surface area contributed by atoms with E-state index >= 15 is 0 Å². The van der Waals surface area contributed by atoms with Gasteiger partial charge in [-0.05, 0) is 55.6 Å². The molecule has 0 spiro atoms. The fourth-order valence-corrected chi connectivity index (χ4v) is 2.95. The van der Waals surface area contributed by atoms with Crippen molar-refractivity contribution in [1.82, 2.24) is 0 Å². The third-order valence-corrected chi connectivity index (χ3v) is 4.09. The van der Waals surface area contributed by atoms with Crippen LogP contribution in [0.2, 0.25) is 0 Å². The molecular formula is C17H23. The summed E-state index contributed by atoms with van der Waals surface area (Å²) in [7, 11) is 0. The predicted octanol–water partition coefficient (Wildman–Crippen LogP) is 4.80. The molecule has 0 saturated heterocycles. The molecule has 1 saturated carbocycles. The highest BCUT2D eigenvalue weighted by Crippen LogP contribution is 2.33. The van der Waals surface area contributed by atoms with Gasteiger partial charge in [-0.3, -0.25) is 0 Å². The van der Waals surface area contributed by atoms with Gasteiger partial charge in [0.2, 0.25) is 0 Å². The Balaban J connectivity index is 1.70. The zero-order valence-corrected chi connectivity index (χ0v) is 10.7. The van der Waals surface area contributed by atoms with Gasteiger partial charge in [-0.2, -0.15) is 0 Å². The van der Waals surface area contributed by atoms with Crippen molar-refractivity contribution in [2.45, 2.75) is 44.9 Å². The molecule has 17 heavy (non-hydrogen) atoms. The molecule has 0 N–H and O–H groups in total. The van der Waals surface area contributed by atoms with Crippen LogP contribution in [0.4, 0.5) is 0 Å². The van der Waals surface area contributed by atoms with Crippen molar-refractivity contribution in [1.29, 1.82) is 0 Å². The molecule has 2 rings (SSSR count). The molecule has 0 atom stereocenters. The SMILES string of the molecule is C=CC[C@H]1CC[C@H](CCc2cc[c]cc2)CC1. The van der Waals surface area contributed by atoms with Crippen LogP contribution in [0.5, 0.6) is 0 Å². The van der Waals surface area contributed by atoms with Crippen LogP contribution in [0.1, 0.15) is 44.1 Å². The summed E-state index contributed by atoms with van der Waals surface area (Å²) < 4.78 is 0. The van der Waals surface area contributed by atoms with Crippen LogP contribution in [0, 0.1) is 17.9 Å². The van der Waals surface area contributed by atoms with Crippen LogP contribution in [-0.4, -0.2) is 0 Å². The van der Waals surface area contributed by atoms with Gasteiger partial charge in [-0.1, -0.05) is 43.2 Å². The standard InChI is InChI=1S/C17H23/c1-2-6-15-9-12-17(13-10-15)14-11-16-7-4-3-5-8-16/h2,4-5,7-8,15,17H,1,6,9-14H2/t15-,17-. The van der Waals surface area contributed by atoms with E-state index in [2.05, 4.69) is 30.9 Å². The second kappa shape index (κ2) is 6.64. The Labute approximate surface area is 106 Å². The zero-order chi connectivity index (χ0) is 11.9. The van der Waals surface area contributed by atoms with Gasteiger partial charge >= 0.3 is 0 Å². The molecule has 1 fully saturated rings. The molecule has 1 aromatic carbocycles. The van der Waals surface area contributed by atoms with Crippen LogP contribution in [0.25, 0.3) is 0 Å². The minimum atomic E-state index is 0.926. The Hall–Kier alpha value is -1.04. The van der Waals surface area contributed by atoms with Crippen molar-refractivity contribution in [2.75, 3.05) is 0 Å². The maximum absolute atomic E-state index is 3.85. The van der Waals surface area contributed by atoms with Crippen molar-refractivity contribution in [3.05, 3.63) is 48.6 Å². The van der Waals surface area contributed by atoms with Gasteiger partial charge in [0.1, 0.15) is 0 Å². The van der Waals surface area contributed by atoms with Crippen LogP contribution >= 0.6 is 0 Å². The van der Waals surface area contributed by atoms with Gasteiger partial charge in [-0.25, -0.2) is 0 Å². The van der Waals surface area contributed by atoms with Gasteiger partial charge < -0.3 is 0 Å². The highest BCUT2D eigenvalue weighted by atomic mass is 14.2. The molecule has 0 aliphatic heterocycles. The first-order chi connectivity index (χ1) is 8.38. The summed E-state index contributed by atoms with van der Waals surface area (Å²) in [6, 6.07) is 11.5. The van der Waals surface area contributed by atoms with Crippen molar-refractivity contribution in [3.8, 4) is 0 Å². The molecule has 0 aromatic heterocycles. The van der Waals surface area contributed by atoms with E-state index in [0.29, 0.717) is 0 Å². The van der Waals surface area contributed by atoms with Crippen LogP contribution in [0.3, 0.4) is 0 Å². The lowest BCUT2D eigenvalue weighted by Gasteiger charge is -2.27. The Morgan fingerprint density at radius 2 is 1.76 bits per heavy atom. The van der Waals surface area contributed by atoms with Crippen LogP contribution in [0.15, 0.2) is 36.9 Å². The molecule has 0 heteroatoms. The predicted molar refractivity (Wildman–Crippen MR) is 73.9 cm³/mol. The monoisotopic (exact) mass is 227 g/mol. The molecule has 0 bridgehead atoms. The molecular weight excluding hydrogens is 204 g/mol. The zero-order valence-electron chi connectivity index (χ0n) is 10.7. The molecule has 1 aromatic rings. The van der Waals surface area contributed by atoms with E-state index < -0.39 is 0 Å². The van der Waals surface area contributed by atoms with E-state index in [1.54, 1.807) is 0 Å². The van der Waals surface area contributed by atoms with Crippen molar-refractivity contribution < 1.29 is 0 Å². The Bertz CT molecular complexity index is 317. The number of rotatable bonds is 5. The number of allylic oxidation sites excluding steroid dienone is 1. The maximum atomic E-state index is 3.85. The second-order valence-corrected chi connectivity index (χ2v) is 5.36. The summed E-state index contributed by atoms with van der Waals surface area (Å²) in [6.07, 6.45) is 11.6. The van der Waals surface area contributed by atoms with Gasteiger partial charge in [0.05, 0.1) is 0 Å². The summed E-state index contributed by atoms with van der Waals surface area (Å²) in [5.74, 6) is 1.88. The first-order valence-electron chi connectivity index (χ1n) is 6.94. The summed E-state index contributed by atoms with van der Waals surface area (Å²) >= 11 is 0. The average Bonchev–Trinajstić information content (AvgIpc) is 2.40. The molecule has 1 radical (unpaired) electrons. The van der Waals surface area contributed by atoms with Crippen molar-refractivity contribution in [3.63, 3.8) is 0 Å². The van der Waals surface area contributed by atoms with E-state index in [1.165, 1.54) is 50.5 Å². The molecule has 0 unspecified atom stereocenters. The summed E-state index contributed by atoms with van der Waals surface area (Å²) in [5, 5.41) is 0. The molecule has 1 aliphatic rings. The highest BCUT2D eigenvalue weighted by molar-refractivity contribution is 5.13. The number of benzene rings is 1. The Morgan fingerprint density at radius 1 is 1.12 bits per heavy atom. The minimum absolute atomic E-state index is 0.926. The third kappa shape index (κ3) is 4.03. The van der Waals surface area contributed by atoms with Gasteiger partial charge in [0.25, 0.3) is 0 Å². The largest absolute Gasteiger partial charge is 0.103 e. The summed E-state index contributed by atoms with van der Waals surface area (Å²) in [6.45, 7) is 3.85. The molecule has 0 heterocycles. The molecule has 0 nitrogen and oxygen atoms in total. The fourth-order valence-electron chi connectivity index (χ4n) is 2.95. The normalized spacial score (nSPS) is 24.5. The summed E-state index contributed by atoms with van der Waals surface area (Å²) in [4.78, 5) is 0. The van der Waals surface area contributed by atoms with Crippen molar-refractivity contribution >= 4 is 0 Å². The Kier molecular flexibility index (Phi) is 4.85. The smallest absolute Gasteiger partial charge is 0.0184 e. The van der Waals surface area contributed by atoms with Crippen LogP contribution in [-0.2, 0) is 6.42 Å². The minimum Gasteiger partial charge on any atom is -0.103 e. The van der Waals surface area contributed by atoms with E-state index in [-0.39, 0.29) is 0 Å². The second-order valence-electron chi connectivity index (χ2n) is 5.36. The molecule has 0 amide bonds. The lowest BCUT2D eigenvalue weighted by atomic mass is 9.78. The first kappa shape index (κ1) is 12.4. The lowest BCUT2D eigenvalue weighted by Crippen LogP contribution is -2.14. The van der Waals surface area contributed by atoms with E-state index in [4.69, 9.17) is 0 Å². The number of hydrogen-bond donors (Lipinski definition) is 0. The van der Waals surface area contributed by atoms with Gasteiger partial charge in [0, 0.05) is 0 Å². The average molecular weight is 227 g/mol. The van der Waals surface area contributed by atoms with E-state index in [1.807, 2.05) is 12.1 Å². The van der Waals surface area contributed by atoms with Crippen LogP contribution < -0.4 is 0 Å². The lowest BCUT2D eigenvalue weighted by molar-refractivity contribution is 0.265. The van der Waals surface area contributed by atoms with Crippen molar-refractivity contribution in [2.24, 2.45) is 11.8 Å².